The topological polar surface area (TPSA) is 20.3 Å². The average molecular weight is 308 g/mol. The number of nitrogens with zero attached hydrogens (tertiary/aromatic N) is 1. The van der Waals surface area contributed by atoms with Crippen molar-refractivity contribution < 1.29 is 4.79 Å². The van der Waals surface area contributed by atoms with Gasteiger partial charge in [-0.15, -0.1) is 0 Å². The van der Waals surface area contributed by atoms with Gasteiger partial charge in [0.2, 0.25) is 5.91 Å². The molecule has 0 spiro atoms. The van der Waals surface area contributed by atoms with Crippen molar-refractivity contribution in [3.63, 3.8) is 0 Å². The highest BCUT2D eigenvalue weighted by Crippen LogP contribution is 2.23. The Morgan fingerprint density at radius 3 is 2.23 bits per heavy atom. The maximum absolute atomic E-state index is 12.8. The second-order valence-electron chi connectivity index (χ2n) is 5.02. The van der Waals surface area contributed by atoms with Gasteiger partial charge in [0, 0.05) is 13.1 Å². The van der Waals surface area contributed by atoms with Crippen molar-refractivity contribution in [3.8, 4) is 0 Å². The molecule has 22 heavy (non-hydrogen) atoms. The molecule has 0 aliphatic heterocycles. The third-order valence-corrected chi connectivity index (χ3v) is 3.40. The first-order valence-electron chi connectivity index (χ1n) is 8.90. The maximum atomic E-state index is 12.8. The molecule has 1 atom stereocenters. The molecule has 0 N–H and O–H groups in total. The van der Waals surface area contributed by atoms with E-state index >= 15 is 0 Å². The molecule has 1 unspecified atom stereocenters. The van der Waals surface area contributed by atoms with Crippen LogP contribution in [0.25, 0.3) is 0 Å². The summed E-state index contributed by atoms with van der Waals surface area (Å²) in [4.78, 5) is 14.8. The first kappa shape index (κ1) is 23.0. The van der Waals surface area contributed by atoms with Crippen LogP contribution in [-0.4, -0.2) is 23.9 Å². The van der Waals surface area contributed by atoms with Gasteiger partial charge in [-0.3, -0.25) is 4.79 Å². The lowest BCUT2D eigenvalue weighted by Crippen LogP contribution is -2.37. The first-order chi connectivity index (χ1) is 10.7. The van der Waals surface area contributed by atoms with Gasteiger partial charge < -0.3 is 4.90 Å². The van der Waals surface area contributed by atoms with E-state index in [9.17, 15) is 4.79 Å². The molecule has 0 aromatic heterocycles. The van der Waals surface area contributed by atoms with Gasteiger partial charge in [-0.05, 0) is 32.3 Å². The normalized spacial score (nSPS) is 12.5. The van der Waals surface area contributed by atoms with E-state index in [0.717, 1.165) is 44.3 Å². The van der Waals surface area contributed by atoms with Gasteiger partial charge in [-0.2, -0.15) is 0 Å². The molecule has 0 heterocycles. The summed E-state index contributed by atoms with van der Waals surface area (Å²) in [7, 11) is 0. The average Bonchev–Trinajstić information content (AvgIpc) is 2.55. The highest BCUT2D eigenvalue weighted by molar-refractivity contribution is 5.82. The molecule has 1 amide bonds. The van der Waals surface area contributed by atoms with E-state index in [-0.39, 0.29) is 11.8 Å². The van der Waals surface area contributed by atoms with Crippen molar-refractivity contribution in [3.05, 3.63) is 36.5 Å². The zero-order chi connectivity index (χ0) is 17.4. The van der Waals surface area contributed by atoms with Crippen LogP contribution in [0, 0.1) is 5.92 Å². The monoisotopic (exact) mass is 307 g/mol. The molecule has 0 saturated carbocycles. The Labute approximate surface area is 139 Å². The van der Waals surface area contributed by atoms with Crippen molar-refractivity contribution in [1.29, 1.82) is 0 Å². The Balaban J connectivity index is 0. The summed E-state index contributed by atoms with van der Waals surface area (Å²) in [6.45, 7) is 17.7. The second-order valence-corrected chi connectivity index (χ2v) is 5.02. The number of carbonyl (C=O) groups is 1. The molecule has 0 rings (SSSR count). The third-order valence-electron chi connectivity index (χ3n) is 3.40. The van der Waals surface area contributed by atoms with E-state index in [4.69, 9.17) is 0 Å². The van der Waals surface area contributed by atoms with Gasteiger partial charge in [0.15, 0.2) is 0 Å². The number of amides is 1. The summed E-state index contributed by atoms with van der Waals surface area (Å²) < 4.78 is 0. The molecule has 0 aromatic rings. The minimum absolute atomic E-state index is 0.0318. The van der Waals surface area contributed by atoms with E-state index in [0.29, 0.717) is 0 Å². The summed E-state index contributed by atoms with van der Waals surface area (Å²) >= 11 is 0. The fraction of sp³-hybridized carbons (Fsp3) is 0.650. The number of hydrogen-bond acceptors (Lipinski definition) is 1. The van der Waals surface area contributed by atoms with Gasteiger partial charge in [-0.25, -0.2) is 0 Å². The number of allylic oxidation sites excluding steroid dienone is 4. The summed E-state index contributed by atoms with van der Waals surface area (Å²) in [5, 5.41) is 0. The minimum atomic E-state index is -0.0318. The van der Waals surface area contributed by atoms with Crippen molar-refractivity contribution in [2.75, 3.05) is 13.1 Å². The smallest absolute Gasteiger partial charge is 0.230 e. The molecule has 0 aromatic carbocycles. The zero-order valence-electron chi connectivity index (χ0n) is 15.7. The number of hydrogen-bond donors (Lipinski definition) is 0. The van der Waals surface area contributed by atoms with Crippen molar-refractivity contribution >= 4 is 5.91 Å². The maximum Gasteiger partial charge on any atom is 0.230 e. The Morgan fingerprint density at radius 2 is 1.82 bits per heavy atom. The molecule has 0 aliphatic carbocycles. The van der Waals surface area contributed by atoms with Gasteiger partial charge in [-0.1, -0.05) is 71.4 Å². The molecular formula is C20H37NO. The number of rotatable bonds is 10. The molecule has 0 fully saturated rings. The van der Waals surface area contributed by atoms with Crippen LogP contribution in [0.3, 0.4) is 0 Å². The fourth-order valence-electron chi connectivity index (χ4n) is 2.37. The summed E-state index contributed by atoms with van der Waals surface area (Å²) in [5.41, 5.74) is 1.08. The van der Waals surface area contributed by atoms with E-state index in [2.05, 4.69) is 27.4 Å². The van der Waals surface area contributed by atoms with Gasteiger partial charge in [0.25, 0.3) is 0 Å². The van der Waals surface area contributed by atoms with Gasteiger partial charge in [0.05, 0.1) is 5.92 Å². The van der Waals surface area contributed by atoms with Crippen LogP contribution < -0.4 is 0 Å². The van der Waals surface area contributed by atoms with E-state index in [1.807, 2.05) is 43.9 Å². The van der Waals surface area contributed by atoms with Crippen LogP contribution in [-0.2, 0) is 4.79 Å². The van der Waals surface area contributed by atoms with Crippen LogP contribution in [0.4, 0.5) is 0 Å². The Hall–Kier alpha value is -1.31. The van der Waals surface area contributed by atoms with Crippen LogP contribution in [0.2, 0.25) is 0 Å². The van der Waals surface area contributed by atoms with Crippen LogP contribution >= 0.6 is 0 Å². The molecule has 0 radical (unpaired) electrons. The largest absolute Gasteiger partial charge is 0.342 e. The molecule has 0 saturated heterocycles. The number of unbranched alkanes of at least 4 members (excludes halogenated alkanes) is 1. The fourth-order valence-corrected chi connectivity index (χ4v) is 2.37. The third kappa shape index (κ3) is 8.86. The van der Waals surface area contributed by atoms with Crippen LogP contribution in [0.5, 0.6) is 0 Å². The Kier molecular flexibility index (Phi) is 16.8. The minimum Gasteiger partial charge on any atom is -0.342 e. The zero-order valence-corrected chi connectivity index (χ0v) is 15.7. The van der Waals surface area contributed by atoms with E-state index < -0.39 is 0 Å². The molecule has 2 heteroatoms. The van der Waals surface area contributed by atoms with Gasteiger partial charge in [0.1, 0.15) is 0 Å². The predicted octanol–water partition coefficient (Wildman–Crippen LogP) is 5.77. The second kappa shape index (κ2) is 16.1. The van der Waals surface area contributed by atoms with Crippen LogP contribution in [0.1, 0.15) is 67.2 Å². The van der Waals surface area contributed by atoms with Crippen molar-refractivity contribution in [2.45, 2.75) is 67.2 Å². The lowest BCUT2D eigenvalue weighted by atomic mass is 9.91. The highest BCUT2D eigenvalue weighted by Gasteiger charge is 2.24. The summed E-state index contributed by atoms with van der Waals surface area (Å²) in [6.07, 6.45) is 11.9. The standard InChI is InChI=1S/C18H31NO.C2H6/c1-6-11-14-17(16(12-7-2)13-8-3)18(20)19(10-5)15-9-4;1-2/h7-8,12-13,17H,2,6,9-11,14-15H2,1,3-5H3;1-2H3/b13-8-,16-12+;. The molecular weight excluding hydrogens is 270 g/mol. The van der Waals surface area contributed by atoms with Crippen LogP contribution in [0.15, 0.2) is 36.5 Å². The summed E-state index contributed by atoms with van der Waals surface area (Å²) in [5.74, 6) is 0.227. The lowest BCUT2D eigenvalue weighted by molar-refractivity contribution is -0.134. The first-order valence-corrected chi connectivity index (χ1v) is 8.90. The lowest BCUT2D eigenvalue weighted by Gasteiger charge is -2.27. The SMILES string of the molecule is C=C/C=C(\C=C/C)C(CCCC)C(=O)N(CC)CCC.CC. The molecule has 0 bridgehead atoms. The molecule has 2 nitrogen and oxygen atoms in total. The Morgan fingerprint density at radius 1 is 1.18 bits per heavy atom. The highest BCUT2D eigenvalue weighted by atomic mass is 16.2. The molecule has 0 aliphatic rings. The van der Waals surface area contributed by atoms with Gasteiger partial charge >= 0.3 is 0 Å². The van der Waals surface area contributed by atoms with Crippen molar-refractivity contribution in [1.82, 2.24) is 4.90 Å². The summed E-state index contributed by atoms with van der Waals surface area (Å²) in [6, 6.07) is 0. The Bertz CT molecular complexity index is 342. The van der Waals surface area contributed by atoms with E-state index in [1.54, 1.807) is 6.08 Å². The van der Waals surface area contributed by atoms with Crippen molar-refractivity contribution in [2.24, 2.45) is 5.92 Å². The number of carbonyl (C=O) groups excluding carboxylic acids is 1. The quantitative estimate of drug-likeness (QED) is 0.469. The predicted molar refractivity (Wildman–Crippen MR) is 100 cm³/mol. The van der Waals surface area contributed by atoms with E-state index in [1.165, 1.54) is 0 Å². The molecule has 128 valence electrons.